The number of nitrogens with one attached hydrogen (secondary N) is 1. The van der Waals surface area contributed by atoms with Crippen LogP contribution in [-0.2, 0) is 28.5 Å². The van der Waals surface area contributed by atoms with E-state index in [1.807, 2.05) is 20.8 Å². The first-order valence-corrected chi connectivity index (χ1v) is 10.0. The molecule has 1 aromatic rings. The van der Waals surface area contributed by atoms with Gasteiger partial charge in [-0.15, -0.1) is 0 Å². The first-order chi connectivity index (χ1) is 14.7. The molecule has 0 heterocycles. The van der Waals surface area contributed by atoms with Crippen LogP contribution in [0.1, 0.15) is 40.5 Å². The maximum Gasteiger partial charge on any atom is 0.303 e. The van der Waals surface area contributed by atoms with Gasteiger partial charge in [0.15, 0.2) is 25.1 Å². The molecule has 31 heavy (non-hydrogen) atoms. The van der Waals surface area contributed by atoms with Crippen LogP contribution in [0.3, 0.4) is 0 Å². The van der Waals surface area contributed by atoms with E-state index >= 15 is 0 Å². The fourth-order valence-electron chi connectivity index (χ4n) is 2.01. The highest BCUT2D eigenvalue weighted by molar-refractivity contribution is 5.95. The minimum absolute atomic E-state index is 0.00277. The van der Waals surface area contributed by atoms with E-state index in [0.717, 1.165) is 0 Å². The van der Waals surface area contributed by atoms with E-state index in [9.17, 15) is 14.7 Å². The highest BCUT2D eigenvalue weighted by atomic mass is 16.7. The zero-order chi connectivity index (χ0) is 23.3. The van der Waals surface area contributed by atoms with Crippen molar-refractivity contribution in [3.05, 3.63) is 30.5 Å². The number of ether oxygens (including phenoxy) is 5. The summed E-state index contributed by atoms with van der Waals surface area (Å²) in [5.41, 5.74) is -0.000925. The Hall–Kier alpha value is -2.78. The molecule has 1 rings (SSSR count). The Morgan fingerprint density at radius 1 is 1.13 bits per heavy atom. The standard InChI is InChI=1S/C22H33NO8/c1-6-22(4,5)21(26)23-18-8-9-20(19(25)12-18)31-15-28-11-7-10-27-14-30-16(2)13-29-17(3)24/h8-9,12,25H,2,6-7,10-11,13-15H2,1,3-5H3,(H,23,26). The number of anilines is 1. The maximum absolute atomic E-state index is 12.2. The van der Waals surface area contributed by atoms with Gasteiger partial charge in [0, 0.05) is 24.1 Å². The zero-order valence-electron chi connectivity index (χ0n) is 18.7. The molecule has 1 amide bonds. The molecule has 9 heteroatoms. The summed E-state index contributed by atoms with van der Waals surface area (Å²) < 4.78 is 25.8. The molecule has 0 spiro atoms. The summed E-state index contributed by atoms with van der Waals surface area (Å²) in [6.45, 7) is 11.3. The monoisotopic (exact) mass is 439 g/mol. The molecule has 0 unspecified atom stereocenters. The van der Waals surface area contributed by atoms with Crippen LogP contribution in [0.2, 0.25) is 0 Å². The first kappa shape index (κ1) is 26.3. The van der Waals surface area contributed by atoms with E-state index in [2.05, 4.69) is 11.9 Å². The summed E-state index contributed by atoms with van der Waals surface area (Å²) in [5, 5.41) is 12.9. The molecule has 0 radical (unpaired) electrons. The number of rotatable bonds is 15. The predicted molar refractivity (Wildman–Crippen MR) is 115 cm³/mol. The van der Waals surface area contributed by atoms with Crippen molar-refractivity contribution in [3.63, 3.8) is 0 Å². The van der Waals surface area contributed by atoms with E-state index in [-0.39, 0.29) is 37.6 Å². The zero-order valence-corrected chi connectivity index (χ0v) is 18.7. The minimum atomic E-state index is -0.494. The van der Waals surface area contributed by atoms with Gasteiger partial charge >= 0.3 is 5.97 Å². The lowest BCUT2D eigenvalue weighted by Gasteiger charge is -2.21. The van der Waals surface area contributed by atoms with E-state index in [0.29, 0.717) is 37.5 Å². The summed E-state index contributed by atoms with van der Waals surface area (Å²) in [7, 11) is 0. The number of amides is 1. The summed E-state index contributed by atoms with van der Waals surface area (Å²) in [6.07, 6.45) is 1.31. The van der Waals surface area contributed by atoms with Gasteiger partial charge in [0.2, 0.25) is 5.91 Å². The number of benzene rings is 1. The van der Waals surface area contributed by atoms with Gasteiger partial charge in [-0.2, -0.15) is 0 Å². The second kappa shape index (κ2) is 13.5. The minimum Gasteiger partial charge on any atom is -0.504 e. The van der Waals surface area contributed by atoms with Gasteiger partial charge in [-0.3, -0.25) is 9.59 Å². The second-order valence-corrected chi connectivity index (χ2v) is 7.39. The Morgan fingerprint density at radius 2 is 1.81 bits per heavy atom. The van der Waals surface area contributed by atoms with Crippen molar-refractivity contribution < 1.29 is 38.4 Å². The van der Waals surface area contributed by atoms with Gasteiger partial charge < -0.3 is 34.1 Å². The first-order valence-electron chi connectivity index (χ1n) is 10.0. The van der Waals surface area contributed by atoms with Crippen molar-refractivity contribution in [2.24, 2.45) is 5.41 Å². The largest absolute Gasteiger partial charge is 0.504 e. The number of esters is 1. The van der Waals surface area contributed by atoms with Gasteiger partial charge in [0.05, 0.1) is 13.2 Å². The number of aromatic hydroxyl groups is 1. The lowest BCUT2D eigenvalue weighted by atomic mass is 9.89. The van der Waals surface area contributed by atoms with Gasteiger partial charge in [-0.25, -0.2) is 0 Å². The fourth-order valence-corrected chi connectivity index (χ4v) is 2.01. The highest BCUT2D eigenvalue weighted by Gasteiger charge is 2.25. The third-order valence-electron chi connectivity index (χ3n) is 4.37. The molecule has 0 aliphatic rings. The summed E-state index contributed by atoms with van der Waals surface area (Å²) in [5.74, 6) is -0.0574. The van der Waals surface area contributed by atoms with E-state index in [1.165, 1.54) is 13.0 Å². The van der Waals surface area contributed by atoms with Crippen LogP contribution in [0.25, 0.3) is 0 Å². The molecular weight excluding hydrogens is 406 g/mol. The molecule has 0 aromatic heterocycles. The second-order valence-electron chi connectivity index (χ2n) is 7.39. The van der Waals surface area contributed by atoms with Gasteiger partial charge in [-0.05, 0) is 25.0 Å². The number of phenolic OH excluding ortho intramolecular Hbond substituents is 1. The molecule has 2 N–H and O–H groups in total. The maximum atomic E-state index is 12.2. The van der Waals surface area contributed by atoms with Crippen LogP contribution in [0.15, 0.2) is 30.5 Å². The summed E-state index contributed by atoms with van der Waals surface area (Å²) in [4.78, 5) is 22.9. The molecule has 9 nitrogen and oxygen atoms in total. The predicted octanol–water partition coefficient (Wildman–Crippen LogP) is 3.58. The number of hydrogen-bond donors (Lipinski definition) is 2. The molecule has 0 fully saturated rings. The third-order valence-corrected chi connectivity index (χ3v) is 4.37. The quantitative estimate of drug-likeness (QED) is 0.185. The summed E-state index contributed by atoms with van der Waals surface area (Å²) in [6, 6.07) is 4.65. The lowest BCUT2D eigenvalue weighted by Crippen LogP contribution is -2.29. The molecule has 174 valence electrons. The smallest absolute Gasteiger partial charge is 0.303 e. The Kier molecular flexibility index (Phi) is 11.4. The lowest BCUT2D eigenvalue weighted by molar-refractivity contribution is -0.141. The van der Waals surface area contributed by atoms with Crippen molar-refractivity contribution in [2.45, 2.75) is 40.5 Å². The van der Waals surface area contributed by atoms with E-state index in [4.69, 9.17) is 23.7 Å². The molecule has 0 bridgehead atoms. The van der Waals surface area contributed by atoms with Crippen molar-refractivity contribution in [2.75, 3.05) is 38.7 Å². The van der Waals surface area contributed by atoms with Gasteiger partial charge in [0.25, 0.3) is 0 Å². The number of carbonyl (C=O) groups is 2. The SMILES string of the molecule is C=C(COC(C)=O)OCOCCCOCOc1ccc(NC(=O)C(C)(C)CC)cc1O. The topological polar surface area (TPSA) is 113 Å². The number of hydrogen-bond acceptors (Lipinski definition) is 8. The highest BCUT2D eigenvalue weighted by Crippen LogP contribution is 2.30. The Bertz CT molecular complexity index is 732. The Balaban J connectivity index is 2.18. The van der Waals surface area contributed by atoms with Crippen molar-refractivity contribution >= 4 is 17.6 Å². The molecule has 0 saturated carbocycles. The Morgan fingerprint density at radius 3 is 2.42 bits per heavy atom. The van der Waals surface area contributed by atoms with Gasteiger partial charge in [-0.1, -0.05) is 27.4 Å². The molecule has 0 atom stereocenters. The number of carbonyl (C=O) groups excluding carboxylic acids is 2. The van der Waals surface area contributed by atoms with E-state index < -0.39 is 11.4 Å². The van der Waals surface area contributed by atoms with Crippen LogP contribution in [0.4, 0.5) is 5.69 Å². The van der Waals surface area contributed by atoms with Crippen molar-refractivity contribution in [3.8, 4) is 11.5 Å². The molecule has 1 aromatic carbocycles. The summed E-state index contributed by atoms with van der Waals surface area (Å²) >= 11 is 0. The molecular formula is C22H33NO8. The number of phenols is 1. The Labute approximate surface area is 183 Å². The van der Waals surface area contributed by atoms with Crippen molar-refractivity contribution in [1.29, 1.82) is 0 Å². The van der Waals surface area contributed by atoms with Crippen LogP contribution >= 0.6 is 0 Å². The van der Waals surface area contributed by atoms with Crippen molar-refractivity contribution in [1.82, 2.24) is 0 Å². The average molecular weight is 440 g/mol. The van der Waals surface area contributed by atoms with Crippen LogP contribution in [0.5, 0.6) is 11.5 Å². The third kappa shape index (κ3) is 10.7. The normalized spacial score (nSPS) is 11.0. The van der Waals surface area contributed by atoms with Crippen LogP contribution in [0, 0.1) is 5.41 Å². The molecule has 0 aliphatic carbocycles. The molecule has 0 aliphatic heterocycles. The van der Waals surface area contributed by atoms with Gasteiger partial charge in [0.1, 0.15) is 12.4 Å². The van der Waals surface area contributed by atoms with Crippen LogP contribution in [-0.4, -0.2) is 50.4 Å². The average Bonchev–Trinajstić information content (AvgIpc) is 2.72. The molecule has 0 saturated heterocycles. The fraction of sp³-hybridized carbons (Fsp3) is 0.545. The van der Waals surface area contributed by atoms with E-state index in [1.54, 1.807) is 12.1 Å². The van der Waals surface area contributed by atoms with Crippen LogP contribution < -0.4 is 10.1 Å².